The number of hydrogen-bond donors (Lipinski definition) is 1. The van der Waals surface area contributed by atoms with E-state index in [9.17, 15) is 14.9 Å². The van der Waals surface area contributed by atoms with Crippen molar-refractivity contribution in [1.29, 1.82) is 0 Å². The zero-order valence-corrected chi connectivity index (χ0v) is 12.5. The van der Waals surface area contributed by atoms with Crippen LogP contribution in [0.3, 0.4) is 0 Å². The third-order valence-electron chi connectivity index (χ3n) is 3.79. The minimum Gasteiger partial charge on any atom is -0.381 e. The molecule has 0 radical (unpaired) electrons. The normalized spacial score (nSPS) is 17.2. The number of hydrogen-bond acceptors (Lipinski definition) is 4. The second-order valence-electron chi connectivity index (χ2n) is 5.50. The number of nitrogens with zero attached hydrogens (tertiary/aromatic N) is 1. The van der Waals surface area contributed by atoms with E-state index in [1.54, 1.807) is 0 Å². The molecule has 1 aromatic carbocycles. The van der Waals surface area contributed by atoms with Gasteiger partial charge in [-0.05, 0) is 30.4 Å². The van der Waals surface area contributed by atoms with Gasteiger partial charge in [-0.15, -0.1) is 0 Å². The van der Waals surface area contributed by atoms with E-state index >= 15 is 0 Å². The van der Waals surface area contributed by atoms with Crippen LogP contribution in [0.25, 0.3) is 0 Å². The Kier molecular flexibility index (Phi) is 4.80. The predicted octanol–water partition coefficient (Wildman–Crippen LogP) is 2.79. The smallest absolute Gasteiger partial charge is 0.300 e. The summed E-state index contributed by atoms with van der Waals surface area (Å²) >= 11 is 5.81. The van der Waals surface area contributed by atoms with E-state index in [1.165, 1.54) is 18.2 Å². The summed E-state index contributed by atoms with van der Waals surface area (Å²) in [7, 11) is 0. The van der Waals surface area contributed by atoms with Gasteiger partial charge in [0, 0.05) is 19.8 Å². The molecule has 0 unspecified atom stereocenters. The standard InChI is InChI=1S/C14H17ClN2O4/c1-14(5-7-21-8-6-14)9-16-13(18)10-3-2-4-11(15)12(10)17(19)20/h2-4H,5-9H2,1H3,(H,16,18). The quantitative estimate of drug-likeness (QED) is 0.684. The van der Waals surface area contributed by atoms with Crippen LogP contribution in [-0.4, -0.2) is 30.6 Å². The number of para-hydroxylation sites is 1. The van der Waals surface area contributed by atoms with Crippen LogP contribution in [0.5, 0.6) is 0 Å². The highest BCUT2D eigenvalue weighted by molar-refractivity contribution is 6.33. The number of rotatable bonds is 4. The predicted molar refractivity (Wildman–Crippen MR) is 78.6 cm³/mol. The van der Waals surface area contributed by atoms with Crippen LogP contribution in [0, 0.1) is 15.5 Å². The molecule has 0 spiro atoms. The van der Waals surface area contributed by atoms with Crippen LogP contribution in [0.4, 0.5) is 5.69 Å². The van der Waals surface area contributed by atoms with Gasteiger partial charge in [-0.25, -0.2) is 0 Å². The number of amides is 1. The minimum atomic E-state index is -0.632. The van der Waals surface area contributed by atoms with Crippen molar-refractivity contribution in [2.75, 3.05) is 19.8 Å². The molecule has 0 aliphatic carbocycles. The van der Waals surface area contributed by atoms with Gasteiger partial charge in [-0.3, -0.25) is 14.9 Å². The fourth-order valence-electron chi connectivity index (χ4n) is 2.31. The van der Waals surface area contributed by atoms with Crippen molar-refractivity contribution in [3.05, 3.63) is 38.9 Å². The van der Waals surface area contributed by atoms with E-state index in [0.717, 1.165) is 12.8 Å². The molecule has 0 bridgehead atoms. The first kappa shape index (κ1) is 15.7. The Morgan fingerprint density at radius 1 is 1.48 bits per heavy atom. The van der Waals surface area contributed by atoms with Crippen molar-refractivity contribution < 1.29 is 14.5 Å². The Hall–Kier alpha value is -1.66. The summed E-state index contributed by atoms with van der Waals surface area (Å²) in [5, 5.41) is 13.8. The van der Waals surface area contributed by atoms with Gasteiger partial charge >= 0.3 is 5.69 Å². The Morgan fingerprint density at radius 2 is 2.14 bits per heavy atom. The molecule has 1 heterocycles. The Balaban J connectivity index is 2.10. The van der Waals surface area contributed by atoms with Gasteiger partial charge in [0.05, 0.1) is 4.92 Å². The number of nitro benzene ring substituents is 1. The monoisotopic (exact) mass is 312 g/mol. The largest absolute Gasteiger partial charge is 0.381 e. The number of nitro groups is 1. The summed E-state index contributed by atoms with van der Waals surface area (Å²) in [6.45, 7) is 3.87. The molecule has 1 aromatic rings. The molecule has 1 saturated heterocycles. The lowest BCUT2D eigenvalue weighted by Gasteiger charge is -2.33. The van der Waals surface area contributed by atoms with Crippen molar-refractivity contribution in [2.45, 2.75) is 19.8 Å². The molecular formula is C14H17ClN2O4. The highest BCUT2D eigenvalue weighted by Gasteiger charge is 2.29. The Labute approximate surface area is 127 Å². The molecule has 7 heteroatoms. The summed E-state index contributed by atoms with van der Waals surface area (Å²) in [6, 6.07) is 4.34. The summed E-state index contributed by atoms with van der Waals surface area (Å²) < 4.78 is 5.30. The first-order chi connectivity index (χ1) is 9.93. The van der Waals surface area contributed by atoms with Crippen LogP contribution in [-0.2, 0) is 4.74 Å². The second kappa shape index (κ2) is 6.41. The fraction of sp³-hybridized carbons (Fsp3) is 0.500. The van der Waals surface area contributed by atoms with E-state index in [0.29, 0.717) is 19.8 Å². The number of carbonyl (C=O) groups excluding carboxylic acids is 1. The number of ether oxygens (including phenoxy) is 1. The zero-order valence-electron chi connectivity index (χ0n) is 11.7. The zero-order chi connectivity index (χ0) is 15.5. The first-order valence-electron chi connectivity index (χ1n) is 6.72. The number of carbonyl (C=O) groups is 1. The van der Waals surface area contributed by atoms with Crippen LogP contribution in [0.2, 0.25) is 5.02 Å². The average Bonchev–Trinajstić information content (AvgIpc) is 2.45. The van der Waals surface area contributed by atoms with Crippen molar-refractivity contribution in [3.8, 4) is 0 Å². The molecule has 0 atom stereocenters. The van der Waals surface area contributed by atoms with Crippen LogP contribution in [0.15, 0.2) is 18.2 Å². The average molecular weight is 313 g/mol. The molecule has 1 fully saturated rings. The van der Waals surface area contributed by atoms with Gasteiger partial charge in [-0.1, -0.05) is 24.6 Å². The first-order valence-corrected chi connectivity index (χ1v) is 7.10. The van der Waals surface area contributed by atoms with Gasteiger partial charge in [0.2, 0.25) is 0 Å². The topological polar surface area (TPSA) is 81.5 Å². The summed E-state index contributed by atoms with van der Waals surface area (Å²) in [4.78, 5) is 22.6. The van der Waals surface area contributed by atoms with Crippen LogP contribution >= 0.6 is 11.6 Å². The lowest BCUT2D eigenvalue weighted by Crippen LogP contribution is -2.39. The van der Waals surface area contributed by atoms with Crippen molar-refractivity contribution >= 4 is 23.2 Å². The van der Waals surface area contributed by atoms with Gasteiger partial charge < -0.3 is 10.1 Å². The van der Waals surface area contributed by atoms with Crippen LogP contribution in [0.1, 0.15) is 30.1 Å². The Bertz CT molecular complexity index is 556. The maximum atomic E-state index is 12.2. The van der Waals surface area contributed by atoms with Crippen LogP contribution < -0.4 is 5.32 Å². The maximum absolute atomic E-state index is 12.2. The van der Waals surface area contributed by atoms with Gasteiger partial charge in [0.25, 0.3) is 5.91 Å². The third-order valence-corrected chi connectivity index (χ3v) is 4.09. The van der Waals surface area contributed by atoms with E-state index in [1.807, 2.05) is 0 Å². The van der Waals surface area contributed by atoms with Gasteiger partial charge in [0.15, 0.2) is 0 Å². The minimum absolute atomic E-state index is 0.0110. The molecule has 1 N–H and O–H groups in total. The number of benzene rings is 1. The molecule has 6 nitrogen and oxygen atoms in total. The molecule has 1 aliphatic rings. The summed E-state index contributed by atoms with van der Waals surface area (Å²) in [5.41, 5.74) is -0.404. The fourth-order valence-corrected chi connectivity index (χ4v) is 2.56. The third kappa shape index (κ3) is 3.71. The summed E-state index contributed by atoms with van der Waals surface area (Å²) in [5.74, 6) is -0.475. The number of halogens is 1. The van der Waals surface area contributed by atoms with E-state index in [-0.39, 0.29) is 21.7 Å². The highest BCUT2D eigenvalue weighted by Crippen LogP contribution is 2.30. The highest BCUT2D eigenvalue weighted by atomic mass is 35.5. The molecule has 114 valence electrons. The lowest BCUT2D eigenvalue weighted by molar-refractivity contribution is -0.385. The van der Waals surface area contributed by atoms with E-state index in [4.69, 9.17) is 16.3 Å². The molecule has 2 rings (SSSR count). The molecule has 21 heavy (non-hydrogen) atoms. The molecule has 1 amide bonds. The summed E-state index contributed by atoms with van der Waals surface area (Å²) in [6.07, 6.45) is 1.70. The van der Waals surface area contributed by atoms with E-state index < -0.39 is 10.8 Å². The van der Waals surface area contributed by atoms with Crippen molar-refractivity contribution in [1.82, 2.24) is 5.32 Å². The van der Waals surface area contributed by atoms with Gasteiger partial charge in [0.1, 0.15) is 10.6 Å². The van der Waals surface area contributed by atoms with E-state index in [2.05, 4.69) is 12.2 Å². The molecular weight excluding hydrogens is 296 g/mol. The van der Waals surface area contributed by atoms with Crippen molar-refractivity contribution in [3.63, 3.8) is 0 Å². The molecule has 0 aromatic heterocycles. The van der Waals surface area contributed by atoms with Gasteiger partial charge in [-0.2, -0.15) is 0 Å². The number of nitrogens with one attached hydrogen (secondary N) is 1. The molecule has 1 aliphatic heterocycles. The Morgan fingerprint density at radius 3 is 2.76 bits per heavy atom. The maximum Gasteiger partial charge on any atom is 0.300 e. The lowest BCUT2D eigenvalue weighted by atomic mass is 9.82. The second-order valence-corrected chi connectivity index (χ2v) is 5.91. The SMILES string of the molecule is CC1(CNC(=O)c2cccc(Cl)c2[N+](=O)[O-])CCOCC1. The molecule has 0 saturated carbocycles. The van der Waals surface area contributed by atoms with Crippen molar-refractivity contribution in [2.24, 2.45) is 5.41 Å².